The molecule has 6 nitrogen and oxygen atoms in total. The zero-order valence-electron chi connectivity index (χ0n) is 11.2. The van der Waals surface area contributed by atoms with Crippen LogP contribution in [0.15, 0.2) is 34.2 Å². The van der Waals surface area contributed by atoms with Gasteiger partial charge in [0, 0.05) is 0 Å². The monoisotopic (exact) mass is 293 g/mol. The van der Waals surface area contributed by atoms with Gasteiger partial charge in [0.1, 0.15) is 0 Å². The van der Waals surface area contributed by atoms with Crippen molar-refractivity contribution >= 4 is 17.7 Å². The standard InChI is InChI=1S/C13H15N3O3S/c1-8(2)9-4-3-5-10(6-9)16-12(19)14-15-13(16)20-7-11(17)18/h3-6,8H,7H2,1-2H3,(H,14,19)(H,17,18). The first-order valence-corrected chi connectivity index (χ1v) is 7.10. The number of benzene rings is 1. The second-order valence-corrected chi connectivity index (χ2v) is 5.52. The molecule has 2 N–H and O–H groups in total. The van der Waals surface area contributed by atoms with Crippen LogP contribution in [0.4, 0.5) is 0 Å². The predicted molar refractivity (Wildman–Crippen MR) is 76.6 cm³/mol. The van der Waals surface area contributed by atoms with Gasteiger partial charge in [-0.2, -0.15) is 0 Å². The predicted octanol–water partition coefficient (Wildman–Crippen LogP) is 1.86. The summed E-state index contributed by atoms with van der Waals surface area (Å²) >= 11 is 1.01. The van der Waals surface area contributed by atoms with E-state index >= 15 is 0 Å². The average molecular weight is 293 g/mol. The summed E-state index contributed by atoms with van der Waals surface area (Å²) in [6.07, 6.45) is 0. The number of rotatable bonds is 5. The molecule has 0 fully saturated rings. The molecule has 2 aromatic rings. The van der Waals surface area contributed by atoms with Crippen molar-refractivity contribution in [3.05, 3.63) is 40.3 Å². The minimum absolute atomic E-state index is 0.145. The van der Waals surface area contributed by atoms with Crippen LogP contribution in [0.3, 0.4) is 0 Å². The Morgan fingerprint density at radius 1 is 1.50 bits per heavy atom. The van der Waals surface area contributed by atoms with E-state index in [0.717, 1.165) is 17.3 Å². The summed E-state index contributed by atoms with van der Waals surface area (Å²) in [6.45, 7) is 4.13. The number of nitrogens with one attached hydrogen (secondary N) is 1. The quantitative estimate of drug-likeness (QED) is 0.822. The first-order chi connectivity index (χ1) is 9.49. The van der Waals surface area contributed by atoms with Crippen LogP contribution in [-0.2, 0) is 4.79 Å². The Kier molecular flexibility index (Phi) is 4.29. The van der Waals surface area contributed by atoms with Crippen LogP contribution < -0.4 is 5.69 Å². The van der Waals surface area contributed by atoms with E-state index in [1.807, 2.05) is 18.2 Å². The molecule has 0 aliphatic carbocycles. The smallest absolute Gasteiger partial charge is 0.348 e. The van der Waals surface area contributed by atoms with Gasteiger partial charge in [0.15, 0.2) is 5.16 Å². The lowest BCUT2D eigenvalue weighted by Gasteiger charge is -2.09. The number of hydrogen-bond acceptors (Lipinski definition) is 4. The summed E-state index contributed by atoms with van der Waals surface area (Å²) < 4.78 is 1.39. The average Bonchev–Trinajstić information content (AvgIpc) is 2.77. The lowest BCUT2D eigenvalue weighted by molar-refractivity contribution is -0.133. The van der Waals surface area contributed by atoms with Gasteiger partial charge in [-0.3, -0.25) is 4.79 Å². The Morgan fingerprint density at radius 2 is 2.25 bits per heavy atom. The SMILES string of the molecule is CC(C)c1cccc(-n2c(SCC(=O)O)n[nH]c2=O)c1. The highest BCUT2D eigenvalue weighted by molar-refractivity contribution is 7.99. The summed E-state index contributed by atoms with van der Waals surface area (Å²) in [5, 5.41) is 15.3. The fraction of sp³-hybridized carbons (Fsp3) is 0.308. The van der Waals surface area contributed by atoms with Crippen LogP contribution in [0, 0.1) is 0 Å². The van der Waals surface area contributed by atoms with Crippen molar-refractivity contribution < 1.29 is 9.90 Å². The van der Waals surface area contributed by atoms with Gasteiger partial charge in [0.25, 0.3) is 0 Å². The molecule has 0 saturated carbocycles. The summed E-state index contributed by atoms with van der Waals surface area (Å²) in [4.78, 5) is 22.5. The molecule has 2 rings (SSSR count). The minimum atomic E-state index is -0.951. The third kappa shape index (κ3) is 3.11. The molecule has 20 heavy (non-hydrogen) atoms. The Balaban J connectivity index is 2.41. The van der Waals surface area contributed by atoms with Gasteiger partial charge >= 0.3 is 11.7 Å². The molecular formula is C13H15N3O3S. The van der Waals surface area contributed by atoms with Crippen molar-refractivity contribution in [2.75, 3.05) is 5.75 Å². The van der Waals surface area contributed by atoms with Crippen molar-refractivity contribution in [2.24, 2.45) is 0 Å². The third-order valence-electron chi connectivity index (χ3n) is 2.76. The molecular weight excluding hydrogens is 278 g/mol. The number of carbonyl (C=O) groups is 1. The molecule has 106 valence electrons. The number of nitrogens with zero attached hydrogens (tertiary/aromatic N) is 2. The molecule has 7 heteroatoms. The van der Waals surface area contributed by atoms with Gasteiger partial charge in [-0.05, 0) is 23.6 Å². The van der Waals surface area contributed by atoms with Crippen LogP contribution in [0.2, 0.25) is 0 Å². The van der Waals surface area contributed by atoms with E-state index in [4.69, 9.17) is 5.11 Å². The normalized spacial score (nSPS) is 10.9. The summed E-state index contributed by atoms with van der Waals surface area (Å²) in [5.74, 6) is -0.755. The second-order valence-electron chi connectivity index (χ2n) is 4.58. The highest BCUT2D eigenvalue weighted by Crippen LogP contribution is 2.21. The molecule has 0 aliphatic heterocycles. The first-order valence-electron chi connectivity index (χ1n) is 6.11. The van der Waals surface area contributed by atoms with Gasteiger partial charge in [-0.15, -0.1) is 5.10 Å². The fourth-order valence-corrected chi connectivity index (χ4v) is 2.44. The zero-order valence-corrected chi connectivity index (χ0v) is 12.0. The van der Waals surface area contributed by atoms with Crippen LogP contribution in [-0.4, -0.2) is 31.6 Å². The lowest BCUT2D eigenvalue weighted by Crippen LogP contribution is -2.16. The molecule has 1 aromatic heterocycles. The van der Waals surface area contributed by atoms with Crippen molar-refractivity contribution in [1.29, 1.82) is 0 Å². The van der Waals surface area contributed by atoms with Gasteiger partial charge < -0.3 is 5.11 Å². The number of aromatic amines is 1. The molecule has 0 atom stereocenters. The third-order valence-corrected chi connectivity index (χ3v) is 3.68. The highest BCUT2D eigenvalue weighted by atomic mass is 32.2. The van der Waals surface area contributed by atoms with E-state index in [-0.39, 0.29) is 11.4 Å². The molecule has 0 bridgehead atoms. The number of carboxylic acid groups (broad SMARTS) is 1. The number of carboxylic acids is 1. The van der Waals surface area contributed by atoms with E-state index in [0.29, 0.717) is 16.8 Å². The molecule has 0 radical (unpaired) electrons. The van der Waals surface area contributed by atoms with Crippen molar-refractivity contribution in [2.45, 2.75) is 24.9 Å². The van der Waals surface area contributed by atoms with Gasteiger partial charge in [0.2, 0.25) is 0 Å². The molecule has 0 saturated heterocycles. The van der Waals surface area contributed by atoms with Crippen molar-refractivity contribution in [3.63, 3.8) is 0 Å². The maximum Gasteiger partial charge on any atom is 0.348 e. The summed E-state index contributed by atoms with van der Waals surface area (Å²) in [7, 11) is 0. The fourth-order valence-electron chi connectivity index (χ4n) is 1.76. The maximum atomic E-state index is 11.9. The van der Waals surface area contributed by atoms with Gasteiger partial charge in [-0.25, -0.2) is 14.5 Å². The number of H-pyrrole nitrogens is 1. The molecule has 1 heterocycles. The van der Waals surface area contributed by atoms with E-state index in [1.54, 1.807) is 6.07 Å². The summed E-state index contributed by atoms with van der Waals surface area (Å²) in [6, 6.07) is 7.57. The highest BCUT2D eigenvalue weighted by Gasteiger charge is 2.13. The number of aromatic nitrogens is 3. The van der Waals surface area contributed by atoms with Crippen LogP contribution >= 0.6 is 11.8 Å². The topological polar surface area (TPSA) is 88.0 Å². The van der Waals surface area contributed by atoms with E-state index in [1.165, 1.54) is 4.57 Å². The van der Waals surface area contributed by atoms with Crippen LogP contribution in [0.25, 0.3) is 5.69 Å². The second kappa shape index (κ2) is 5.96. The number of thioether (sulfide) groups is 1. The molecule has 0 unspecified atom stereocenters. The summed E-state index contributed by atoms with van der Waals surface area (Å²) in [5.41, 5.74) is 1.41. The minimum Gasteiger partial charge on any atom is -0.481 e. The van der Waals surface area contributed by atoms with Gasteiger partial charge in [0.05, 0.1) is 11.4 Å². The molecule has 0 amide bonds. The zero-order chi connectivity index (χ0) is 14.7. The van der Waals surface area contributed by atoms with E-state index in [2.05, 4.69) is 24.0 Å². The van der Waals surface area contributed by atoms with Crippen molar-refractivity contribution in [3.8, 4) is 5.69 Å². The Hall–Kier alpha value is -2.02. The molecule has 0 spiro atoms. The van der Waals surface area contributed by atoms with Crippen LogP contribution in [0.1, 0.15) is 25.3 Å². The van der Waals surface area contributed by atoms with Gasteiger partial charge in [-0.1, -0.05) is 37.7 Å². The van der Waals surface area contributed by atoms with Crippen molar-refractivity contribution in [1.82, 2.24) is 14.8 Å². The maximum absolute atomic E-state index is 11.9. The molecule has 1 aromatic carbocycles. The Morgan fingerprint density at radius 3 is 2.90 bits per heavy atom. The first kappa shape index (κ1) is 14.4. The number of aliphatic carboxylic acids is 1. The Labute approximate surface area is 119 Å². The molecule has 0 aliphatic rings. The van der Waals surface area contributed by atoms with E-state index < -0.39 is 5.97 Å². The number of hydrogen-bond donors (Lipinski definition) is 2. The van der Waals surface area contributed by atoms with Crippen LogP contribution in [0.5, 0.6) is 0 Å². The lowest BCUT2D eigenvalue weighted by atomic mass is 10.0. The Bertz CT molecular complexity index is 675. The largest absolute Gasteiger partial charge is 0.481 e. The van der Waals surface area contributed by atoms with E-state index in [9.17, 15) is 9.59 Å².